The summed E-state index contributed by atoms with van der Waals surface area (Å²) >= 11 is 0. The first kappa shape index (κ1) is 11.5. The minimum absolute atomic E-state index is 0.256. The Bertz CT molecular complexity index is 373. The quantitative estimate of drug-likeness (QED) is 0.844. The summed E-state index contributed by atoms with van der Waals surface area (Å²) in [6.07, 6.45) is 3.81. The molecule has 1 aliphatic rings. The zero-order valence-electron chi connectivity index (χ0n) is 10.6. The highest BCUT2D eigenvalue weighted by atomic mass is 15.1. The molecule has 16 heavy (non-hydrogen) atoms. The summed E-state index contributed by atoms with van der Waals surface area (Å²) in [5.74, 6) is 0. The molecule has 2 rings (SSSR count). The van der Waals surface area contributed by atoms with Crippen molar-refractivity contribution in [2.45, 2.75) is 31.6 Å². The van der Waals surface area contributed by atoms with E-state index in [1.54, 1.807) is 0 Å². The molecule has 0 bridgehead atoms. The second-order valence-corrected chi connectivity index (χ2v) is 5.25. The molecule has 2 N–H and O–H groups in total. The Morgan fingerprint density at radius 2 is 2.00 bits per heavy atom. The SMILES string of the molecule is Cc1ccc(N(C)C)c(C2(CN)CCC2)c1. The molecule has 0 radical (unpaired) electrons. The highest BCUT2D eigenvalue weighted by molar-refractivity contribution is 5.58. The van der Waals surface area contributed by atoms with Crippen LogP contribution in [0.15, 0.2) is 18.2 Å². The highest BCUT2D eigenvalue weighted by Crippen LogP contribution is 2.46. The van der Waals surface area contributed by atoms with Crippen LogP contribution in [0, 0.1) is 6.92 Å². The van der Waals surface area contributed by atoms with Gasteiger partial charge in [0, 0.05) is 31.7 Å². The third-order valence-electron chi connectivity index (χ3n) is 3.91. The average molecular weight is 218 g/mol. The molecular formula is C14H22N2. The maximum Gasteiger partial charge on any atom is 0.0399 e. The Labute approximate surface area is 98.4 Å². The predicted octanol–water partition coefficient (Wildman–Crippen LogP) is 2.44. The van der Waals surface area contributed by atoms with E-state index in [9.17, 15) is 0 Å². The van der Waals surface area contributed by atoms with Crippen molar-refractivity contribution < 1.29 is 0 Å². The number of nitrogens with two attached hydrogens (primary N) is 1. The summed E-state index contributed by atoms with van der Waals surface area (Å²) in [6.45, 7) is 2.93. The Morgan fingerprint density at radius 3 is 2.44 bits per heavy atom. The number of anilines is 1. The molecule has 1 saturated carbocycles. The van der Waals surface area contributed by atoms with E-state index in [0.717, 1.165) is 6.54 Å². The fourth-order valence-corrected chi connectivity index (χ4v) is 2.65. The molecule has 0 spiro atoms. The van der Waals surface area contributed by atoms with E-state index in [4.69, 9.17) is 5.73 Å². The van der Waals surface area contributed by atoms with E-state index >= 15 is 0 Å². The molecule has 0 aliphatic heterocycles. The van der Waals surface area contributed by atoms with Crippen molar-refractivity contribution in [1.82, 2.24) is 0 Å². The number of hydrogen-bond acceptors (Lipinski definition) is 2. The zero-order valence-corrected chi connectivity index (χ0v) is 10.6. The van der Waals surface area contributed by atoms with E-state index in [2.05, 4.69) is 44.1 Å². The van der Waals surface area contributed by atoms with Gasteiger partial charge in [-0.05, 0) is 31.4 Å². The van der Waals surface area contributed by atoms with Gasteiger partial charge in [0.1, 0.15) is 0 Å². The summed E-state index contributed by atoms with van der Waals surface area (Å²) in [4.78, 5) is 2.20. The van der Waals surface area contributed by atoms with Gasteiger partial charge in [0.05, 0.1) is 0 Å². The van der Waals surface area contributed by atoms with E-state index in [1.165, 1.54) is 36.1 Å². The van der Waals surface area contributed by atoms with Crippen molar-refractivity contribution >= 4 is 5.69 Å². The molecule has 1 aromatic rings. The first-order chi connectivity index (χ1) is 7.59. The van der Waals surface area contributed by atoms with Crippen LogP contribution in [0.2, 0.25) is 0 Å². The standard InChI is InChI=1S/C14H22N2/c1-11-5-6-13(16(2)3)12(9-11)14(10-15)7-4-8-14/h5-6,9H,4,7-8,10,15H2,1-3H3. The second-order valence-electron chi connectivity index (χ2n) is 5.25. The smallest absolute Gasteiger partial charge is 0.0399 e. The molecule has 0 aromatic heterocycles. The molecule has 0 atom stereocenters. The monoisotopic (exact) mass is 218 g/mol. The van der Waals surface area contributed by atoms with Crippen molar-refractivity contribution in [1.29, 1.82) is 0 Å². The normalized spacial score (nSPS) is 18.0. The van der Waals surface area contributed by atoms with Crippen LogP contribution in [0.3, 0.4) is 0 Å². The van der Waals surface area contributed by atoms with Crippen LogP contribution in [0.25, 0.3) is 0 Å². The molecule has 1 aliphatic carbocycles. The molecule has 0 heterocycles. The van der Waals surface area contributed by atoms with E-state index < -0.39 is 0 Å². The number of benzene rings is 1. The molecule has 2 nitrogen and oxygen atoms in total. The summed E-state index contributed by atoms with van der Waals surface area (Å²) < 4.78 is 0. The number of nitrogens with zero attached hydrogens (tertiary/aromatic N) is 1. The van der Waals surface area contributed by atoms with Crippen LogP contribution in [0.5, 0.6) is 0 Å². The van der Waals surface area contributed by atoms with Gasteiger partial charge in [0.15, 0.2) is 0 Å². The van der Waals surface area contributed by atoms with Crippen LogP contribution < -0.4 is 10.6 Å². The van der Waals surface area contributed by atoms with Gasteiger partial charge >= 0.3 is 0 Å². The van der Waals surface area contributed by atoms with Crippen molar-refractivity contribution in [2.75, 3.05) is 25.5 Å². The maximum atomic E-state index is 6.00. The first-order valence-electron chi connectivity index (χ1n) is 6.07. The van der Waals surface area contributed by atoms with Gasteiger partial charge in [-0.25, -0.2) is 0 Å². The van der Waals surface area contributed by atoms with Gasteiger partial charge in [-0.2, -0.15) is 0 Å². The van der Waals surface area contributed by atoms with Crippen LogP contribution in [-0.2, 0) is 5.41 Å². The van der Waals surface area contributed by atoms with Gasteiger partial charge in [-0.1, -0.05) is 24.1 Å². The Balaban J connectivity index is 2.48. The van der Waals surface area contributed by atoms with Crippen LogP contribution in [0.4, 0.5) is 5.69 Å². The molecule has 0 unspecified atom stereocenters. The molecule has 1 aromatic carbocycles. The summed E-state index contributed by atoms with van der Waals surface area (Å²) in [5, 5.41) is 0. The Hall–Kier alpha value is -1.02. The summed E-state index contributed by atoms with van der Waals surface area (Å²) in [5.41, 5.74) is 10.4. The van der Waals surface area contributed by atoms with Gasteiger partial charge in [0.2, 0.25) is 0 Å². The van der Waals surface area contributed by atoms with Crippen LogP contribution >= 0.6 is 0 Å². The average Bonchev–Trinajstić information content (AvgIpc) is 2.16. The van der Waals surface area contributed by atoms with Crippen LogP contribution in [0.1, 0.15) is 30.4 Å². The third-order valence-corrected chi connectivity index (χ3v) is 3.91. The maximum absolute atomic E-state index is 6.00. The lowest BCUT2D eigenvalue weighted by Crippen LogP contribution is -2.42. The lowest BCUT2D eigenvalue weighted by molar-refractivity contribution is 0.253. The predicted molar refractivity (Wildman–Crippen MR) is 70.1 cm³/mol. The van der Waals surface area contributed by atoms with Gasteiger partial charge in [-0.3, -0.25) is 0 Å². The third kappa shape index (κ3) is 1.71. The fourth-order valence-electron chi connectivity index (χ4n) is 2.65. The number of hydrogen-bond donors (Lipinski definition) is 1. The number of aryl methyl sites for hydroxylation is 1. The minimum Gasteiger partial charge on any atom is -0.377 e. The molecule has 88 valence electrons. The Morgan fingerprint density at radius 1 is 1.31 bits per heavy atom. The Kier molecular flexibility index (Phi) is 2.94. The largest absolute Gasteiger partial charge is 0.377 e. The minimum atomic E-state index is 0.256. The lowest BCUT2D eigenvalue weighted by atomic mass is 9.64. The van der Waals surface area contributed by atoms with E-state index in [1.807, 2.05) is 0 Å². The number of rotatable bonds is 3. The lowest BCUT2D eigenvalue weighted by Gasteiger charge is -2.43. The topological polar surface area (TPSA) is 29.3 Å². The highest BCUT2D eigenvalue weighted by Gasteiger charge is 2.39. The molecular weight excluding hydrogens is 196 g/mol. The van der Waals surface area contributed by atoms with Crippen LogP contribution in [-0.4, -0.2) is 20.6 Å². The molecule has 0 amide bonds. The van der Waals surface area contributed by atoms with E-state index in [0.29, 0.717) is 0 Å². The summed E-state index contributed by atoms with van der Waals surface area (Å²) in [7, 11) is 4.22. The van der Waals surface area contributed by atoms with Gasteiger partial charge in [-0.15, -0.1) is 0 Å². The van der Waals surface area contributed by atoms with Gasteiger partial charge in [0.25, 0.3) is 0 Å². The summed E-state index contributed by atoms with van der Waals surface area (Å²) in [6, 6.07) is 6.73. The zero-order chi connectivity index (χ0) is 11.8. The van der Waals surface area contributed by atoms with Gasteiger partial charge < -0.3 is 10.6 Å². The van der Waals surface area contributed by atoms with E-state index in [-0.39, 0.29) is 5.41 Å². The van der Waals surface area contributed by atoms with Crippen molar-refractivity contribution in [2.24, 2.45) is 5.73 Å². The first-order valence-corrected chi connectivity index (χ1v) is 6.07. The second kappa shape index (κ2) is 4.10. The van der Waals surface area contributed by atoms with Crippen molar-refractivity contribution in [3.05, 3.63) is 29.3 Å². The molecule has 2 heteroatoms. The van der Waals surface area contributed by atoms with Crippen molar-refractivity contribution in [3.8, 4) is 0 Å². The molecule has 0 saturated heterocycles. The fraction of sp³-hybridized carbons (Fsp3) is 0.571. The van der Waals surface area contributed by atoms with Crippen molar-refractivity contribution in [3.63, 3.8) is 0 Å². The molecule has 1 fully saturated rings.